The molecule has 1 N–H and O–H groups in total. The molecule has 2 rings (SSSR count). The van der Waals surface area contributed by atoms with E-state index in [9.17, 15) is 0 Å². The van der Waals surface area contributed by atoms with E-state index in [1.807, 2.05) is 0 Å². The fourth-order valence-corrected chi connectivity index (χ4v) is 4.84. The summed E-state index contributed by atoms with van der Waals surface area (Å²) in [5.74, 6) is 5.09. The highest BCUT2D eigenvalue weighted by Gasteiger charge is 2.36. The molecule has 0 heterocycles. The summed E-state index contributed by atoms with van der Waals surface area (Å²) < 4.78 is 0. The Balaban J connectivity index is 1.94. The van der Waals surface area contributed by atoms with Crippen molar-refractivity contribution in [1.29, 1.82) is 0 Å². The van der Waals surface area contributed by atoms with Gasteiger partial charge in [-0.15, -0.1) is 0 Å². The zero-order valence-electron chi connectivity index (χ0n) is 13.5. The Kier molecular flexibility index (Phi) is 6.19. The Labute approximate surface area is 120 Å². The van der Waals surface area contributed by atoms with Gasteiger partial charge in [0.25, 0.3) is 0 Å². The molecule has 0 spiro atoms. The molecule has 112 valence electrons. The van der Waals surface area contributed by atoms with E-state index in [4.69, 9.17) is 0 Å². The monoisotopic (exact) mass is 265 g/mol. The first-order valence-electron chi connectivity index (χ1n) is 8.89. The van der Waals surface area contributed by atoms with Gasteiger partial charge in [0.15, 0.2) is 0 Å². The third-order valence-electron chi connectivity index (χ3n) is 5.99. The van der Waals surface area contributed by atoms with Gasteiger partial charge >= 0.3 is 0 Å². The lowest BCUT2D eigenvalue weighted by atomic mass is 9.63. The van der Waals surface area contributed by atoms with Crippen molar-refractivity contribution in [2.24, 2.45) is 29.6 Å². The maximum Gasteiger partial charge on any atom is -0.00208 e. The van der Waals surface area contributed by atoms with Crippen molar-refractivity contribution in [3.63, 3.8) is 0 Å². The fraction of sp³-hybridized carbons (Fsp3) is 1.00. The van der Waals surface area contributed by atoms with Crippen LogP contribution in [-0.4, -0.2) is 13.6 Å². The summed E-state index contributed by atoms with van der Waals surface area (Å²) in [6.45, 7) is 6.06. The Bertz CT molecular complexity index is 242. The normalized spacial score (nSPS) is 40.3. The van der Waals surface area contributed by atoms with E-state index in [1.54, 1.807) is 6.42 Å². The van der Waals surface area contributed by atoms with Crippen LogP contribution in [0.25, 0.3) is 0 Å². The minimum Gasteiger partial charge on any atom is -0.319 e. The average molecular weight is 265 g/mol. The highest BCUT2D eigenvalue weighted by Crippen LogP contribution is 2.45. The van der Waals surface area contributed by atoms with Crippen molar-refractivity contribution in [3.05, 3.63) is 0 Å². The summed E-state index contributed by atoms with van der Waals surface area (Å²) >= 11 is 0. The van der Waals surface area contributed by atoms with Crippen LogP contribution in [-0.2, 0) is 0 Å². The summed E-state index contributed by atoms with van der Waals surface area (Å²) in [7, 11) is 2.14. The molecule has 2 saturated carbocycles. The van der Waals surface area contributed by atoms with Gasteiger partial charge in [-0.25, -0.2) is 0 Å². The number of hydrogen-bond acceptors (Lipinski definition) is 1. The van der Waals surface area contributed by atoms with Gasteiger partial charge in [-0.05, 0) is 68.9 Å². The summed E-state index contributed by atoms with van der Waals surface area (Å²) in [4.78, 5) is 0. The predicted octanol–water partition coefficient (Wildman–Crippen LogP) is 4.86. The highest BCUT2D eigenvalue weighted by atomic mass is 14.8. The molecule has 2 aliphatic carbocycles. The van der Waals surface area contributed by atoms with Gasteiger partial charge in [-0.2, -0.15) is 0 Å². The van der Waals surface area contributed by atoms with Gasteiger partial charge in [0, 0.05) is 0 Å². The predicted molar refractivity (Wildman–Crippen MR) is 84.3 cm³/mol. The standard InChI is InChI=1S/C18H35N/c1-4-5-15-8-11-17(13-19-3)18(12-15)16-9-6-14(2)7-10-16/h14-19H,4-13H2,1-3H3. The van der Waals surface area contributed by atoms with Crippen molar-refractivity contribution in [3.8, 4) is 0 Å². The second-order valence-corrected chi connectivity index (χ2v) is 7.47. The van der Waals surface area contributed by atoms with E-state index in [0.29, 0.717) is 0 Å². The summed E-state index contributed by atoms with van der Waals surface area (Å²) in [6.07, 6.45) is 13.4. The summed E-state index contributed by atoms with van der Waals surface area (Å²) in [6, 6.07) is 0. The second kappa shape index (κ2) is 7.67. The first-order valence-corrected chi connectivity index (χ1v) is 8.89. The molecule has 0 saturated heterocycles. The van der Waals surface area contributed by atoms with E-state index in [0.717, 1.165) is 29.6 Å². The third kappa shape index (κ3) is 4.21. The quantitative estimate of drug-likeness (QED) is 0.748. The van der Waals surface area contributed by atoms with Crippen molar-refractivity contribution in [1.82, 2.24) is 5.32 Å². The molecule has 0 aromatic carbocycles. The zero-order valence-corrected chi connectivity index (χ0v) is 13.5. The van der Waals surface area contributed by atoms with E-state index in [2.05, 4.69) is 26.2 Å². The van der Waals surface area contributed by atoms with Crippen LogP contribution in [0.3, 0.4) is 0 Å². The number of hydrogen-bond donors (Lipinski definition) is 1. The first kappa shape index (κ1) is 15.4. The molecule has 2 fully saturated rings. The molecule has 0 amide bonds. The molecule has 19 heavy (non-hydrogen) atoms. The summed E-state index contributed by atoms with van der Waals surface area (Å²) in [5.41, 5.74) is 0. The zero-order chi connectivity index (χ0) is 13.7. The number of rotatable bonds is 5. The van der Waals surface area contributed by atoms with E-state index < -0.39 is 0 Å². The lowest BCUT2D eigenvalue weighted by Crippen LogP contribution is -2.37. The Morgan fingerprint density at radius 3 is 2.37 bits per heavy atom. The van der Waals surface area contributed by atoms with Gasteiger partial charge in [0.1, 0.15) is 0 Å². The molecule has 0 aromatic heterocycles. The Morgan fingerprint density at radius 1 is 1.00 bits per heavy atom. The lowest BCUT2D eigenvalue weighted by molar-refractivity contribution is 0.0840. The number of nitrogens with one attached hydrogen (secondary N) is 1. The summed E-state index contributed by atoms with van der Waals surface area (Å²) in [5, 5.41) is 3.46. The van der Waals surface area contributed by atoms with Crippen LogP contribution >= 0.6 is 0 Å². The van der Waals surface area contributed by atoms with Crippen molar-refractivity contribution in [2.45, 2.75) is 71.6 Å². The van der Waals surface area contributed by atoms with Gasteiger partial charge in [-0.1, -0.05) is 46.0 Å². The Morgan fingerprint density at radius 2 is 1.74 bits per heavy atom. The van der Waals surface area contributed by atoms with E-state index in [-0.39, 0.29) is 0 Å². The van der Waals surface area contributed by atoms with Gasteiger partial charge in [0.2, 0.25) is 0 Å². The van der Waals surface area contributed by atoms with Crippen LogP contribution in [0.1, 0.15) is 71.6 Å². The molecule has 1 nitrogen and oxygen atoms in total. The molecule has 0 aliphatic heterocycles. The van der Waals surface area contributed by atoms with Crippen molar-refractivity contribution < 1.29 is 0 Å². The minimum absolute atomic E-state index is 0.969. The molecule has 0 bridgehead atoms. The maximum atomic E-state index is 3.46. The molecule has 0 radical (unpaired) electrons. The van der Waals surface area contributed by atoms with Crippen molar-refractivity contribution >= 4 is 0 Å². The largest absolute Gasteiger partial charge is 0.319 e. The molecule has 1 heteroatoms. The molecule has 3 unspecified atom stereocenters. The van der Waals surface area contributed by atoms with Crippen LogP contribution in [0.4, 0.5) is 0 Å². The van der Waals surface area contributed by atoms with Crippen LogP contribution in [0.2, 0.25) is 0 Å². The smallest absolute Gasteiger partial charge is 0.00208 e. The van der Waals surface area contributed by atoms with Crippen LogP contribution in [0, 0.1) is 29.6 Å². The maximum absolute atomic E-state index is 3.46. The molecular weight excluding hydrogens is 230 g/mol. The second-order valence-electron chi connectivity index (χ2n) is 7.47. The molecule has 2 aliphatic rings. The molecule has 0 aromatic rings. The molecule has 3 atom stereocenters. The SMILES string of the molecule is CCCC1CCC(CNC)C(C2CCC(C)CC2)C1. The average Bonchev–Trinajstić information content (AvgIpc) is 2.42. The Hall–Kier alpha value is -0.0400. The van der Waals surface area contributed by atoms with Gasteiger partial charge < -0.3 is 5.32 Å². The topological polar surface area (TPSA) is 12.0 Å². The van der Waals surface area contributed by atoms with E-state index in [1.165, 1.54) is 57.9 Å². The van der Waals surface area contributed by atoms with Gasteiger partial charge in [-0.3, -0.25) is 0 Å². The van der Waals surface area contributed by atoms with Gasteiger partial charge in [0.05, 0.1) is 0 Å². The fourth-order valence-electron chi connectivity index (χ4n) is 4.84. The van der Waals surface area contributed by atoms with Crippen LogP contribution < -0.4 is 5.32 Å². The molecular formula is C18H35N. The first-order chi connectivity index (χ1) is 9.24. The lowest BCUT2D eigenvalue weighted by Gasteiger charge is -2.43. The third-order valence-corrected chi connectivity index (χ3v) is 5.99. The van der Waals surface area contributed by atoms with Crippen LogP contribution in [0.15, 0.2) is 0 Å². The highest BCUT2D eigenvalue weighted by molar-refractivity contribution is 4.87. The van der Waals surface area contributed by atoms with E-state index >= 15 is 0 Å². The van der Waals surface area contributed by atoms with Crippen LogP contribution in [0.5, 0.6) is 0 Å². The van der Waals surface area contributed by atoms with Crippen molar-refractivity contribution in [2.75, 3.05) is 13.6 Å². The minimum atomic E-state index is 0.969.